The molecule has 23 heavy (non-hydrogen) atoms. The second-order valence-electron chi connectivity index (χ2n) is 4.79. The van der Waals surface area contributed by atoms with E-state index in [1.54, 1.807) is 45.6 Å². The van der Waals surface area contributed by atoms with Crippen LogP contribution in [0.1, 0.15) is 12.0 Å². The van der Waals surface area contributed by atoms with Crippen molar-refractivity contribution in [1.82, 2.24) is 4.90 Å². The number of carbonyl (C=O) groups excluding carboxylic acids is 2. The van der Waals surface area contributed by atoms with E-state index in [-0.39, 0.29) is 11.1 Å². The Morgan fingerprint density at radius 1 is 1.13 bits per heavy atom. The minimum Gasteiger partial charge on any atom is -0.493 e. The summed E-state index contributed by atoms with van der Waals surface area (Å²) in [7, 11) is 4.69. The SMILES string of the molecule is COCCCN1C(=O)S/C(=C/c2ccc(OC)c(OC)c2)C1=O. The van der Waals surface area contributed by atoms with Crippen molar-refractivity contribution in [2.45, 2.75) is 6.42 Å². The second kappa shape index (κ2) is 8.03. The maximum Gasteiger partial charge on any atom is 0.293 e. The van der Waals surface area contributed by atoms with Crippen LogP contribution >= 0.6 is 11.8 Å². The number of benzene rings is 1. The Kier molecular flexibility index (Phi) is 6.06. The molecular weight excluding hydrogens is 318 g/mol. The summed E-state index contributed by atoms with van der Waals surface area (Å²) in [5, 5.41) is -0.252. The van der Waals surface area contributed by atoms with Gasteiger partial charge in [-0.15, -0.1) is 0 Å². The lowest BCUT2D eigenvalue weighted by molar-refractivity contribution is -0.122. The largest absolute Gasteiger partial charge is 0.493 e. The summed E-state index contributed by atoms with van der Waals surface area (Å²) in [5.74, 6) is 0.906. The van der Waals surface area contributed by atoms with Crippen molar-refractivity contribution >= 4 is 29.0 Å². The molecular formula is C16H19NO5S. The van der Waals surface area contributed by atoms with Gasteiger partial charge in [-0.3, -0.25) is 14.5 Å². The highest BCUT2D eigenvalue weighted by molar-refractivity contribution is 8.18. The van der Waals surface area contributed by atoms with Gasteiger partial charge in [0.25, 0.3) is 11.1 Å². The van der Waals surface area contributed by atoms with Gasteiger partial charge < -0.3 is 14.2 Å². The maximum atomic E-state index is 12.3. The van der Waals surface area contributed by atoms with Gasteiger partial charge in [0.2, 0.25) is 0 Å². The van der Waals surface area contributed by atoms with Crippen LogP contribution in [0.4, 0.5) is 4.79 Å². The summed E-state index contributed by atoms with van der Waals surface area (Å²) in [6.07, 6.45) is 2.31. The van der Waals surface area contributed by atoms with Crippen molar-refractivity contribution in [1.29, 1.82) is 0 Å². The maximum absolute atomic E-state index is 12.3. The van der Waals surface area contributed by atoms with E-state index in [1.807, 2.05) is 0 Å². The van der Waals surface area contributed by atoms with Crippen LogP contribution in [0.2, 0.25) is 0 Å². The highest BCUT2D eigenvalue weighted by atomic mass is 32.2. The molecule has 0 radical (unpaired) electrons. The smallest absolute Gasteiger partial charge is 0.293 e. The number of ether oxygens (including phenoxy) is 3. The summed E-state index contributed by atoms with van der Waals surface area (Å²) in [4.78, 5) is 25.9. The topological polar surface area (TPSA) is 65.1 Å². The van der Waals surface area contributed by atoms with Crippen molar-refractivity contribution in [3.05, 3.63) is 28.7 Å². The number of hydrogen-bond acceptors (Lipinski definition) is 6. The van der Waals surface area contributed by atoms with Gasteiger partial charge in [0.15, 0.2) is 11.5 Å². The molecule has 1 aliphatic rings. The summed E-state index contributed by atoms with van der Waals surface area (Å²) >= 11 is 0.944. The van der Waals surface area contributed by atoms with E-state index >= 15 is 0 Å². The molecule has 1 aliphatic heterocycles. The van der Waals surface area contributed by atoms with Crippen molar-refractivity contribution in [2.75, 3.05) is 34.5 Å². The monoisotopic (exact) mass is 337 g/mol. The first-order valence-corrected chi connectivity index (χ1v) is 7.88. The van der Waals surface area contributed by atoms with E-state index in [1.165, 1.54) is 4.90 Å². The number of hydrogen-bond donors (Lipinski definition) is 0. The molecule has 124 valence electrons. The lowest BCUT2D eigenvalue weighted by atomic mass is 10.2. The number of carbonyl (C=O) groups is 2. The van der Waals surface area contributed by atoms with Crippen molar-refractivity contribution < 1.29 is 23.8 Å². The molecule has 6 nitrogen and oxygen atoms in total. The molecule has 0 N–H and O–H groups in total. The van der Waals surface area contributed by atoms with Crippen LogP contribution < -0.4 is 9.47 Å². The predicted molar refractivity (Wildman–Crippen MR) is 88.7 cm³/mol. The van der Waals surface area contributed by atoms with Gasteiger partial charge in [0.1, 0.15) is 0 Å². The van der Waals surface area contributed by atoms with Crippen LogP contribution in [0, 0.1) is 0 Å². The molecule has 0 aromatic heterocycles. The van der Waals surface area contributed by atoms with Crippen LogP contribution in [0.5, 0.6) is 11.5 Å². The van der Waals surface area contributed by atoms with E-state index in [4.69, 9.17) is 14.2 Å². The Bertz CT molecular complexity index is 629. The first-order valence-electron chi connectivity index (χ1n) is 7.07. The lowest BCUT2D eigenvalue weighted by Gasteiger charge is -2.11. The zero-order chi connectivity index (χ0) is 16.8. The molecule has 0 atom stereocenters. The van der Waals surface area contributed by atoms with E-state index in [9.17, 15) is 9.59 Å². The van der Waals surface area contributed by atoms with Crippen LogP contribution in [0.3, 0.4) is 0 Å². The van der Waals surface area contributed by atoms with Gasteiger partial charge in [-0.25, -0.2) is 0 Å². The quantitative estimate of drug-likeness (QED) is 0.563. The highest BCUT2D eigenvalue weighted by Gasteiger charge is 2.34. The lowest BCUT2D eigenvalue weighted by Crippen LogP contribution is -2.29. The number of imide groups is 1. The third-order valence-corrected chi connectivity index (χ3v) is 4.22. The average molecular weight is 337 g/mol. The fourth-order valence-corrected chi connectivity index (χ4v) is 3.02. The normalized spacial score (nSPS) is 16.3. The molecule has 7 heteroatoms. The molecule has 0 spiro atoms. The first-order chi connectivity index (χ1) is 11.1. The first kappa shape index (κ1) is 17.4. The van der Waals surface area contributed by atoms with Crippen molar-refractivity contribution in [3.63, 3.8) is 0 Å². The number of rotatable bonds is 7. The minimum atomic E-state index is -0.272. The summed E-state index contributed by atoms with van der Waals surface area (Å²) in [6.45, 7) is 0.873. The summed E-state index contributed by atoms with van der Waals surface area (Å²) in [6, 6.07) is 5.32. The number of nitrogens with zero attached hydrogens (tertiary/aromatic N) is 1. The molecule has 1 heterocycles. The third-order valence-electron chi connectivity index (χ3n) is 3.31. The van der Waals surface area contributed by atoms with E-state index in [0.29, 0.717) is 36.0 Å². The molecule has 2 rings (SSSR count). The standard InChI is InChI=1S/C16H19NO5S/c1-20-8-4-7-17-15(18)14(23-16(17)19)10-11-5-6-12(21-2)13(9-11)22-3/h5-6,9-10H,4,7-8H2,1-3H3/b14-10+. The number of amides is 2. The third kappa shape index (κ3) is 4.05. The van der Waals surface area contributed by atoms with E-state index in [2.05, 4.69) is 0 Å². The fourth-order valence-electron chi connectivity index (χ4n) is 2.15. The van der Waals surface area contributed by atoms with Crippen molar-refractivity contribution in [2.24, 2.45) is 0 Å². The molecule has 1 aromatic rings. The number of methoxy groups -OCH3 is 3. The van der Waals surface area contributed by atoms with Crippen LogP contribution in [-0.2, 0) is 9.53 Å². The Morgan fingerprint density at radius 3 is 2.52 bits per heavy atom. The molecule has 1 aromatic carbocycles. The van der Waals surface area contributed by atoms with Crippen LogP contribution in [0.15, 0.2) is 23.1 Å². The predicted octanol–water partition coefficient (Wildman–Crippen LogP) is 2.78. The van der Waals surface area contributed by atoms with Crippen LogP contribution in [0.25, 0.3) is 6.08 Å². The molecule has 0 unspecified atom stereocenters. The molecule has 0 bridgehead atoms. The summed E-state index contributed by atoms with van der Waals surface area (Å²) in [5.41, 5.74) is 0.769. The zero-order valence-electron chi connectivity index (χ0n) is 13.3. The Labute approximate surface area is 139 Å². The molecule has 0 saturated carbocycles. The van der Waals surface area contributed by atoms with Gasteiger partial charge in [0, 0.05) is 20.3 Å². The van der Waals surface area contributed by atoms with Gasteiger partial charge in [-0.2, -0.15) is 0 Å². The molecule has 0 aliphatic carbocycles. The van der Waals surface area contributed by atoms with Gasteiger partial charge in [-0.1, -0.05) is 6.07 Å². The summed E-state index contributed by atoms with van der Waals surface area (Å²) < 4.78 is 15.4. The Balaban J connectivity index is 2.17. The average Bonchev–Trinajstić information content (AvgIpc) is 2.82. The number of thioether (sulfide) groups is 1. The van der Waals surface area contributed by atoms with Gasteiger partial charge in [0.05, 0.1) is 19.1 Å². The fraction of sp³-hybridized carbons (Fsp3) is 0.375. The highest BCUT2D eigenvalue weighted by Crippen LogP contribution is 2.34. The van der Waals surface area contributed by atoms with Gasteiger partial charge in [-0.05, 0) is 42.0 Å². The minimum absolute atomic E-state index is 0.252. The van der Waals surface area contributed by atoms with Crippen molar-refractivity contribution in [3.8, 4) is 11.5 Å². The molecule has 1 fully saturated rings. The van der Waals surface area contributed by atoms with E-state index in [0.717, 1.165) is 17.3 Å². The van der Waals surface area contributed by atoms with Crippen LogP contribution in [-0.4, -0.2) is 50.5 Å². The van der Waals surface area contributed by atoms with E-state index < -0.39 is 0 Å². The van der Waals surface area contributed by atoms with Gasteiger partial charge >= 0.3 is 0 Å². The molecule has 2 amide bonds. The zero-order valence-corrected chi connectivity index (χ0v) is 14.1. The second-order valence-corrected chi connectivity index (χ2v) is 5.79. The Morgan fingerprint density at radius 2 is 1.87 bits per heavy atom. The molecule has 1 saturated heterocycles. The Hall–Kier alpha value is -1.99.